The first-order valence-corrected chi connectivity index (χ1v) is 9.90. The van der Waals surface area contributed by atoms with Crippen LogP contribution in [0.5, 0.6) is 11.5 Å². The monoisotopic (exact) mass is 440 g/mol. The van der Waals surface area contributed by atoms with Gasteiger partial charge in [0.25, 0.3) is 0 Å². The minimum Gasteiger partial charge on any atom is -0.497 e. The Bertz CT molecular complexity index is 1030. The summed E-state index contributed by atoms with van der Waals surface area (Å²) >= 11 is 0. The van der Waals surface area contributed by atoms with Crippen LogP contribution in [0.2, 0.25) is 0 Å². The SMILES string of the molecule is CCOC(=O)C1=C(COC(=O)c2ccc(OC)cc2OC)NC(=O)NC1c1ccccc1. The minimum absolute atomic E-state index is 0.141. The van der Waals surface area contributed by atoms with E-state index in [9.17, 15) is 14.4 Å². The van der Waals surface area contributed by atoms with E-state index in [4.69, 9.17) is 18.9 Å². The molecule has 0 aromatic heterocycles. The Morgan fingerprint density at radius 3 is 2.38 bits per heavy atom. The molecule has 0 spiro atoms. The van der Waals surface area contributed by atoms with Gasteiger partial charge in [-0.3, -0.25) is 0 Å². The maximum Gasteiger partial charge on any atom is 0.342 e. The zero-order valence-electron chi connectivity index (χ0n) is 18.0. The highest BCUT2D eigenvalue weighted by atomic mass is 16.5. The Labute approximate surface area is 185 Å². The summed E-state index contributed by atoms with van der Waals surface area (Å²) in [4.78, 5) is 37.7. The number of benzene rings is 2. The van der Waals surface area contributed by atoms with Crippen molar-refractivity contribution in [2.24, 2.45) is 0 Å². The van der Waals surface area contributed by atoms with Crippen molar-refractivity contribution in [3.05, 3.63) is 70.9 Å². The third kappa shape index (κ3) is 5.00. The summed E-state index contributed by atoms with van der Waals surface area (Å²) in [7, 11) is 2.92. The van der Waals surface area contributed by atoms with Gasteiger partial charge in [-0.2, -0.15) is 0 Å². The van der Waals surface area contributed by atoms with E-state index >= 15 is 0 Å². The first-order chi connectivity index (χ1) is 15.5. The Morgan fingerprint density at radius 1 is 0.969 bits per heavy atom. The molecule has 0 saturated heterocycles. The second-order valence-electron chi connectivity index (χ2n) is 6.70. The van der Waals surface area contributed by atoms with Crippen LogP contribution in [0.4, 0.5) is 4.79 Å². The summed E-state index contributed by atoms with van der Waals surface area (Å²) in [5.41, 5.74) is 1.16. The molecule has 1 aliphatic heterocycles. The van der Waals surface area contributed by atoms with Gasteiger partial charge < -0.3 is 29.6 Å². The Morgan fingerprint density at radius 2 is 1.72 bits per heavy atom. The van der Waals surface area contributed by atoms with Crippen molar-refractivity contribution in [2.45, 2.75) is 13.0 Å². The molecule has 32 heavy (non-hydrogen) atoms. The van der Waals surface area contributed by atoms with E-state index in [1.165, 1.54) is 20.3 Å². The molecule has 2 aromatic rings. The molecule has 0 fully saturated rings. The number of nitrogens with one attached hydrogen (secondary N) is 2. The molecule has 1 heterocycles. The predicted octanol–water partition coefficient (Wildman–Crippen LogP) is 2.73. The summed E-state index contributed by atoms with van der Waals surface area (Å²) in [6.45, 7) is 1.48. The fourth-order valence-corrected chi connectivity index (χ4v) is 3.26. The molecule has 1 atom stereocenters. The number of esters is 2. The van der Waals surface area contributed by atoms with Crippen molar-refractivity contribution in [3.8, 4) is 11.5 Å². The molecule has 0 saturated carbocycles. The Kier molecular flexibility index (Phi) is 7.33. The molecule has 0 radical (unpaired) electrons. The molecule has 1 unspecified atom stereocenters. The fourth-order valence-electron chi connectivity index (χ4n) is 3.26. The van der Waals surface area contributed by atoms with E-state index in [1.54, 1.807) is 43.3 Å². The van der Waals surface area contributed by atoms with Crippen molar-refractivity contribution < 1.29 is 33.3 Å². The number of ether oxygens (including phenoxy) is 4. The minimum atomic E-state index is -0.756. The van der Waals surface area contributed by atoms with Gasteiger partial charge in [0.05, 0.1) is 38.1 Å². The van der Waals surface area contributed by atoms with Crippen molar-refractivity contribution in [1.82, 2.24) is 10.6 Å². The van der Waals surface area contributed by atoms with Crippen LogP contribution in [0.3, 0.4) is 0 Å². The van der Waals surface area contributed by atoms with Crippen LogP contribution in [0.25, 0.3) is 0 Å². The molecule has 0 aliphatic carbocycles. The van der Waals surface area contributed by atoms with E-state index < -0.39 is 24.0 Å². The highest BCUT2D eigenvalue weighted by molar-refractivity contribution is 5.96. The zero-order valence-corrected chi connectivity index (χ0v) is 18.0. The van der Waals surface area contributed by atoms with Crippen molar-refractivity contribution in [3.63, 3.8) is 0 Å². The van der Waals surface area contributed by atoms with E-state index in [-0.39, 0.29) is 35.8 Å². The number of methoxy groups -OCH3 is 2. The van der Waals surface area contributed by atoms with Gasteiger partial charge in [-0.05, 0) is 24.6 Å². The van der Waals surface area contributed by atoms with Crippen molar-refractivity contribution in [1.29, 1.82) is 0 Å². The van der Waals surface area contributed by atoms with Crippen LogP contribution < -0.4 is 20.1 Å². The summed E-state index contributed by atoms with van der Waals surface area (Å²) in [5, 5.41) is 5.28. The Hall–Kier alpha value is -4.01. The predicted molar refractivity (Wildman–Crippen MR) is 114 cm³/mol. The molecule has 9 heteroatoms. The Balaban J connectivity index is 1.91. The lowest BCUT2D eigenvalue weighted by Gasteiger charge is -2.29. The quantitative estimate of drug-likeness (QED) is 0.607. The number of amides is 2. The molecule has 3 rings (SSSR count). The summed E-state index contributed by atoms with van der Waals surface area (Å²) < 4.78 is 21.0. The van der Waals surface area contributed by atoms with Gasteiger partial charge >= 0.3 is 18.0 Å². The number of rotatable bonds is 8. The second-order valence-corrected chi connectivity index (χ2v) is 6.70. The van der Waals surface area contributed by atoms with Crippen LogP contribution in [0, 0.1) is 0 Å². The third-order valence-corrected chi connectivity index (χ3v) is 4.76. The van der Waals surface area contributed by atoms with Gasteiger partial charge in [0.15, 0.2) is 0 Å². The zero-order chi connectivity index (χ0) is 23.1. The maximum atomic E-state index is 12.7. The van der Waals surface area contributed by atoms with Crippen molar-refractivity contribution in [2.75, 3.05) is 27.4 Å². The maximum absolute atomic E-state index is 12.7. The lowest BCUT2D eigenvalue weighted by atomic mass is 9.95. The molecule has 1 aliphatic rings. The van der Waals surface area contributed by atoms with Gasteiger partial charge in [-0.15, -0.1) is 0 Å². The molecule has 2 N–H and O–H groups in total. The fraction of sp³-hybridized carbons (Fsp3) is 0.261. The first-order valence-electron chi connectivity index (χ1n) is 9.90. The molecular weight excluding hydrogens is 416 g/mol. The topological polar surface area (TPSA) is 112 Å². The lowest BCUT2D eigenvalue weighted by molar-refractivity contribution is -0.139. The number of carbonyl (C=O) groups is 3. The van der Waals surface area contributed by atoms with Crippen LogP contribution in [0.15, 0.2) is 59.8 Å². The smallest absolute Gasteiger partial charge is 0.342 e. The molecule has 2 amide bonds. The van der Waals surface area contributed by atoms with E-state index in [2.05, 4.69) is 10.6 Å². The third-order valence-electron chi connectivity index (χ3n) is 4.76. The van der Waals surface area contributed by atoms with Crippen molar-refractivity contribution >= 4 is 18.0 Å². The highest BCUT2D eigenvalue weighted by Crippen LogP contribution is 2.29. The second kappa shape index (κ2) is 10.3. The van der Waals surface area contributed by atoms with Crippen LogP contribution in [-0.4, -0.2) is 45.4 Å². The first kappa shape index (κ1) is 22.7. The van der Waals surface area contributed by atoms with Gasteiger partial charge in [-0.25, -0.2) is 14.4 Å². The van der Waals surface area contributed by atoms with E-state index in [0.717, 1.165) is 0 Å². The van der Waals surface area contributed by atoms with Gasteiger partial charge in [-0.1, -0.05) is 30.3 Å². The average molecular weight is 440 g/mol. The largest absolute Gasteiger partial charge is 0.497 e. The molecular formula is C23H24N2O7. The van der Waals surface area contributed by atoms with E-state index in [1.807, 2.05) is 6.07 Å². The standard InChI is InChI=1S/C23H24N2O7/c1-4-31-22(27)19-17(24-23(28)25-20(19)14-8-6-5-7-9-14)13-32-21(26)16-11-10-15(29-2)12-18(16)30-3/h5-12,20H,4,13H2,1-3H3,(H2,24,25,28). The number of hydrogen-bond acceptors (Lipinski definition) is 7. The molecule has 168 valence electrons. The average Bonchev–Trinajstić information content (AvgIpc) is 2.82. The molecule has 0 bridgehead atoms. The van der Waals surface area contributed by atoms with Crippen LogP contribution in [-0.2, 0) is 14.3 Å². The summed E-state index contributed by atoms with van der Waals surface area (Å²) in [6.07, 6.45) is 0. The van der Waals surface area contributed by atoms with Gasteiger partial charge in [0, 0.05) is 6.07 Å². The van der Waals surface area contributed by atoms with Gasteiger partial charge in [0.2, 0.25) is 0 Å². The molecule has 2 aromatic carbocycles. The number of carbonyl (C=O) groups excluding carboxylic acids is 3. The number of urea groups is 1. The van der Waals surface area contributed by atoms with E-state index in [0.29, 0.717) is 11.3 Å². The van der Waals surface area contributed by atoms with Gasteiger partial charge in [0.1, 0.15) is 23.7 Å². The highest BCUT2D eigenvalue weighted by Gasteiger charge is 2.34. The normalized spacial score (nSPS) is 15.3. The summed E-state index contributed by atoms with van der Waals surface area (Å²) in [5.74, 6) is -0.529. The summed E-state index contributed by atoms with van der Waals surface area (Å²) in [6, 6.07) is 12.3. The molecule has 9 nitrogen and oxygen atoms in total. The van der Waals surface area contributed by atoms with Crippen LogP contribution >= 0.6 is 0 Å². The lowest BCUT2D eigenvalue weighted by Crippen LogP contribution is -2.47. The van der Waals surface area contributed by atoms with Crippen LogP contribution in [0.1, 0.15) is 28.9 Å². The number of hydrogen-bond donors (Lipinski definition) is 2.